The summed E-state index contributed by atoms with van der Waals surface area (Å²) in [7, 11) is 0. The molecule has 63 heavy (non-hydrogen) atoms. The fraction of sp³-hybridized carbons (Fsp3) is 0.0357. The molecule has 8 aromatic carbocycles. The average molecular weight is 809 g/mol. The van der Waals surface area contributed by atoms with E-state index in [0.29, 0.717) is 23.5 Å². The summed E-state index contributed by atoms with van der Waals surface area (Å²) in [5, 5.41) is 6.77. The van der Waals surface area contributed by atoms with Gasteiger partial charge >= 0.3 is 0 Å². The molecule has 0 bridgehead atoms. The molecule has 0 fully saturated rings. The van der Waals surface area contributed by atoms with Crippen LogP contribution in [0.3, 0.4) is 0 Å². The van der Waals surface area contributed by atoms with Gasteiger partial charge in [0.2, 0.25) is 11.8 Å². The van der Waals surface area contributed by atoms with E-state index in [1.54, 1.807) is 0 Å². The van der Waals surface area contributed by atoms with Gasteiger partial charge in [-0.3, -0.25) is 4.57 Å². The molecule has 12 aromatic rings. The molecule has 0 aliphatic heterocycles. The first kappa shape index (κ1) is 35.3. The van der Waals surface area contributed by atoms with Crippen LogP contribution < -0.4 is 0 Å². The molecule has 0 saturated carbocycles. The van der Waals surface area contributed by atoms with Gasteiger partial charge in [0.1, 0.15) is 5.52 Å². The van der Waals surface area contributed by atoms with E-state index < -0.39 is 0 Å². The van der Waals surface area contributed by atoms with Gasteiger partial charge in [0.15, 0.2) is 17.2 Å². The van der Waals surface area contributed by atoms with Crippen molar-refractivity contribution in [1.29, 1.82) is 0 Å². The third-order valence-corrected chi connectivity index (χ3v) is 12.5. The number of benzene rings is 8. The summed E-state index contributed by atoms with van der Waals surface area (Å²) < 4.78 is 11.1. The fourth-order valence-corrected chi connectivity index (χ4v) is 9.69. The van der Waals surface area contributed by atoms with Crippen molar-refractivity contribution < 1.29 is 4.42 Å². The van der Waals surface area contributed by atoms with E-state index in [1.807, 2.05) is 30.3 Å². The molecular formula is C56H36N6O. The summed E-state index contributed by atoms with van der Waals surface area (Å²) in [4.78, 5) is 21.2. The molecule has 0 spiro atoms. The van der Waals surface area contributed by atoms with Crippen molar-refractivity contribution >= 4 is 76.8 Å². The van der Waals surface area contributed by atoms with Crippen LogP contribution in [0.15, 0.2) is 199 Å². The Morgan fingerprint density at radius 3 is 1.84 bits per heavy atom. The quantitative estimate of drug-likeness (QED) is 0.167. The summed E-state index contributed by atoms with van der Waals surface area (Å²) in [6.07, 6.45) is 6.18. The Hall–Kier alpha value is -8.42. The van der Waals surface area contributed by atoms with E-state index in [2.05, 4.69) is 173 Å². The number of oxazole rings is 1. The van der Waals surface area contributed by atoms with E-state index in [0.717, 1.165) is 106 Å². The lowest BCUT2D eigenvalue weighted by atomic mass is 9.99. The van der Waals surface area contributed by atoms with E-state index in [4.69, 9.17) is 24.4 Å². The molecule has 4 aromatic heterocycles. The molecule has 1 aliphatic carbocycles. The normalized spacial score (nSPS) is 13.1. The molecular weight excluding hydrogens is 773 g/mol. The van der Waals surface area contributed by atoms with E-state index in [1.165, 1.54) is 5.39 Å². The van der Waals surface area contributed by atoms with Gasteiger partial charge in [0.05, 0.1) is 22.1 Å². The van der Waals surface area contributed by atoms with E-state index in [-0.39, 0.29) is 0 Å². The highest BCUT2D eigenvalue weighted by molar-refractivity contribution is 6.24. The zero-order valence-electron chi connectivity index (χ0n) is 34.0. The zero-order chi connectivity index (χ0) is 41.4. The fourth-order valence-electron chi connectivity index (χ4n) is 9.69. The van der Waals surface area contributed by atoms with Gasteiger partial charge in [-0.05, 0) is 65.1 Å². The first-order valence-corrected chi connectivity index (χ1v) is 21.4. The van der Waals surface area contributed by atoms with Crippen molar-refractivity contribution in [3.63, 3.8) is 0 Å². The Morgan fingerprint density at radius 2 is 1.05 bits per heavy atom. The van der Waals surface area contributed by atoms with Crippen molar-refractivity contribution in [3.05, 3.63) is 200 Å². The topological polar surface area (TPSA) is 74.6 Å². The third-order valence-electron chi connectivity index (χ3n) is 12.5. The first-order valence-electron chi connectivity index (χ1n) is 21.4. The number of aromatic nitrogens is 6. The Bertz CT molecular complexity index is 3830. The number of allylic oxidation sites excluding steroid dienone is 4. The van der Waals surface area contributed by atoms with Crippen LogP contribution in [-0.4, -0.2) is 29.1 Å². The molecule has 7 heteroatoms. The maximum Gasteiger partial charge on any atom is 0.238 e. The van der Waals surface area contributed by atoms with Crippen LogP contribution >= 0.6 is 0 Å². The van der Waals surface area contributed by atoms with Crippen LogP contribution in [0.5, 0.6) is 0 Å². The van der Waals surface area contributed by atoms with Crippen LogP contribution in [0.4, 0.5) is 0 Å². The number of nitrogens with zero attached hydrogens (tertiary/aromatic N) is 6. The van der Waals surface area contributed by atoms with Gasteiger partial charge in [-0.15, -0.1) is 0 Å². The van der Waals surface area contributed by atoms with Crippen LogP contribution in [0.1, 0.15) is 18.7 Å². The van der Waals surface area contributed by atoms with Crippen LogP contribution in [0, 0.1) is 0 Å². The summed E-state index contributed by atoms with van der Waals surface area (Å²) in [6.45, 7) is 0. The van der Waals surface area contributed by atoms with Gasteiger partial charge in [0, 0.05) is 43.9 Å². The first-order chi connectivity index (χ1) is 31.2. The SMILES string of the molecule is C1=C(c2nc3ccccc3o2)C=C(n2c3ccccc3c3ccc4c5ccccc5n(-c5nc(-c6ccccc6-c6ccccc6)nc(-c6cccc7ccccc67)n5)c4c32)CC1. The number of fused-ring (bicyclic) bond motifs is 9. The molecule has 13 rings (SSSR count). The van der Waals surface area contributed by atoms with Gasteiger partial charge < -0.3 is 8.98 Å². The largest absolute Gasteiger partial charge is 0.436 e. The molecule has 0 saturated heterocycles. The van der Waals surface area contributed by atoms with E-state index >= 15 is 0 Å². The zero-order valence-corrected chi connectivity index (χ0v) is 34.0. The molecule has 0 atom stereocenters. The number of hydrogen-bond acceptors (Lipinski definition) is 5. The number of hydrogen-bond donors (Lipinski definition) is 0. The number of para-hydroxylation sites is 4. The predicted molar refractivity (Wildman–Crippen MR) is 256 cm³/mol. The van der Waals surface area contributed by atoms with Crippen molar-refractivity contribution in [2.45, 2.75) is 12.8 Å². The lowest BCUT2D eigenvalue weighted by Gasteiger charge is -2.18. The molecule has 0 radical (unpaired) electrons. The summed E-state index contributed by atoms with van der Waals surface area (Å²) in [5.74, 6) is 2.38. The monoisotopic (exact) mass is 808 g/mol. The lowest BCUT2D eigenvalue weighted by molar-refractivity contribution is 0.585. The maximum absolute atomic E-state index is 6.33. The van der Waals surface area contributed by atoms with Gasteiger partial charge in [-0.25, -0.2) is 9.97 Å². The minimum atomic E-state index is 0.547. The molecule has 0 N–H and O–H groups in total. The van der Waals surface area contributed by atoms with Crippen molar-refractivity contribution in [2.24, 2.45) is 0 Å². The highest BCUT2D eigenvalue weighted by atomic mass is 16.3. The molecule has 4 heterocycles. The Balaban J connectivity index is 1.13. The van der Waals surface area contributed by atoms with E-state index in [9.17, 15) is 0 Å². The van der Waals surface area contributed by atoms with Gasteiger partial charge in [-0.1, -0.05) is 164 Å². The molecule has 7 nitrogen and oxygen atoms in total. The van der Waals surface area contributed by atoms with Gasteiger partial charge in [0.25, 0.3) is 0 Å². The minimum absolute atomic E-state index is 0.547. The summed E-state index contributed by atoms with van der Waals surface area (Å²) in [6, 6.07) is 63.5. The van der Waals surface area contributed by atoms with Crippen molar-refractivity contribution in [1.82, 2.24) is 29.1 Å². The summed E-state index contributed by atoms with van der Waals surface area (Å²) in [5.41, 5.74) is 12.1. The lowest BCUT2D eigenvalue weighted by Crippen LogP contribution is -2.08. The smallest absolute Gasteiger partial charge is 0.238 e. The number of rotatable bonds is 6. The van der Waals surface area contributed by atoms with Gasteiger partial charge in [-0.2, -0.15) is 9.97 Å². The molecule has 0 unspecified atom stereocenters. The Morgan fingerprint density at radius 1 is 0.444 bits per heavy atom. The van der Waals surface area contributed by atoms with Crippen LogP contribution in [0.2, 0.25) is 0 Å². The van der Waals surface area contributed by atoms with Crippen molar-refractivity contribution in [2.75, 3.05) is 0 Å². The summed E-state index contributed by atoms with van der Waals surface area (Å²) >= 11 is 0. The third kappa shape index (κ3) is 5.60. The highest BCUT2D eigenvalue weighted by Gasteiger charge is 2.26. The molecule has 0 amide bonds. The maximum atomic E-state index is 6.33. The van der Waals surface area contributed by atoms with Crippen LogP contribution in [-0.2, 0) is 0 Å². The highest BCUT2D eigenvalue weighted by Crippen LogP contribution is 2.44. The molecule has 296 valence electrons. The standard InChI is InChI=1S/C56H36N6O/c1-2-16-35(17-3-1)39-23-6-7-26-45(39)53-58-54(46-27-15-19-36-18-4-5-22-40(36)46)60-56(59-53)62-49-30-12-9-25-42(49)44-33-32-43-41-24-8-11-29-48(41)61(51(43)52(44)62)38-21-14-20-37(34-38)55-57-47-28-10-13-31-50(47)63-55/h1-13,15-20,22-34H,14,21H2. The van der Waals surface area contributed by atoms with Crippen molar-refractivity contribution in [3.8, 4) is 39.9 Å². The second kappa shape index (κ2) is 14.1. The Labute approximate surface area is 361 Å². The Kier molecular flexibility index (Phi) is 7.90. The minimum Gasteiger partial charge on any atom is -0.436 e. The second-order valence-corrected chi connectivity index (χ2v) is 16.1. The predicted octanol–water partition coefficient (Wildman–Crippen LogP) is 14.1. The van der Waals surface area contributed by atoms with Crippen LogP contribution in [0.25, 0.3) is 117 Å². The molecule has 1 aliphatic rings. The average Bonchev–Trinajstić information content (AvgIpc) is 4.05. The second-order valence-electron chi connectivity index (χ2n) is 16.1.